The van der Waals surface area contributed by atoms with Crippen molar-refractivity contribution in [2.45, 2.75) is 78.9 Å². The number of benzene rings is 1. The first-order chi connectivity index (χ1) is 16.9. The predicted octanol–water partition coefficient (Wildman–Crippen LogP) is 3.35. The number of carbonyl (C=O) groups excluding carboxylic acids is 4. The molecule has 0 aliphatic carbocycles. The number of alkyl carbamates (subject to hydrolysis) is 1. The molecule has 0 bridgehead atoms. The minimum absolute atomic E-state index is 0.00904. The maximum atomic E-state index is 13.4. The molecule has 202 valence electrons. The summed E-state index contributed by atoms with van der Waals surface area (Å²) in [6.45, 7) is 10.8. The van der Waals surface area contributed by atoms with Gasteiger partial charge in [-0.1, -0.05) is 25.8 Å². The summed E-state index contributed by atoms with van der Waals surface area (Å²) in [5.41, 5.74) is 0.324. The molecule has 10 heteroatoms. The minimum Gasteiger partial charge on any atom is -0.508 e. The number of aryl methyl sites for hydroxylation is 1. The van der Waals surface area contributed by atoms with Crippen LogP contribution in [0.25, 0.3) is 0 Å². The van der Waals surface area contributed by atoms with Gasteiger partial charge in [-0.2, -0.15) is 0 Å². The molecule has 0 spiro atoms. The SMILES string of the molecule is CCCCCN(C(=O)CNC(=O)OC(C)(C)C)C(C(=O)NCCC(=O)OCC)c1ccc(O)c(C)c1. The van der Waals surface area contributed by atoms with E-state index in [0.717, 1.165) is 12.8 Å². The normalized spacial score (nSPS) is 11.8. The molecule has 0 radical (unpaired) electrons. The number of unbranched alkanes of at least 4 members (excludes halogenated alkanes) is 2. The van der Waals surface area contributed by atoms with Crippen LogP contribution in [0.3, 0.4) is 0 Å². The maximum Gasteiger partial charge on any atom is 0.408 e. The summed E-state index contributed by atoms with van der Waals surface area (Å²) in [6, 6.07) is 3.67. The van der Waals surface area contributed by atoms with Crippen LogP contribution in [0.15, 0.2) is 18.2 Å². The molecule has 0 aliphatic heterocycles. The number of rotatable bonds is 13. The van der Waals surface area contributed by atoms with Crippen LogP contribution in [-0.4, -0.2) is 65.7 Å². The summed E-state index contributed by atoms with van der Waals surface area (Å²) in [5.74, 6) is -1.32. The highest BCUT2D eigenvalue weighted by atomic mass is 16.6. The molecule has 0 heterocycles. The fourth-order valence-corrected chi connectivity index (χ4v) is 3.43. The molecule has 1 unspecified atom stereocenters. The van der Waals surface area contributed by atoms with E-state index in [9.17, 15) is 24.3 Å². The number of esters is 1. The highest BCUT2D eigenvalue weighted by molar-refractivity contribution is 5.90. The topological polar surface area (TPSA) is 134 Å². The highest BCUT2D eigenvalue weighted by Gasteiger charge is 2.32. The van der Waals surface area contributed by atoms with Gasteiger partial charge in [0, 0.05) is 13.1 Å². The lowest BCUT2D eigenvalue weighted by Gasteiger charge is -2.32. The third kappa shape index (κ3) is 11.0. The summed E-state index contributed by atoms with van der Waals surface area (Å²) in [6.07, 6.45) is 1.66. The first kappa shape index (κ1) is 30.7. The Morgan fingerprint density at radius 1 is 1.08 bits per heavy atom. The van der Waals surface area contributed by atoms with Crippen molar-refractivity contribution < 1.29 is 33.8 Å². The second-order valence-corrected chi connectivity index (χ2v) is 9.44. The molecule has 10 nitrogen and oxygen atoms in total. The Hall–Kier alpha value is -3.30. The second kappa shape index (κ2) is 15.0. The summed E-state index contributed by atoms with van der Waals surface area (Å²) >= 11 is 0. The number of nitrogens with zero attached hydrogens (tertiary/aromatic N) is 1. The molecule has 0 fully saturated rings. The molecule has 1 atom stereocenters. The maximum absolute atomic E-state index is 13.4. The fourth-order valence-electron chi connectivity index (χ4n) is 3.43. The van der Waals surface area contributed by atoms with Gasteiger partial charge in [0.2, 0.25) is 11.8 Å². The Balaban J connectivity index is 3.19. The van der Waals surface area contributed by atoms with Crippen LogP contribution in [0.2, 0.25) is 0 Å². The molecule has 1 aromatic carbocycles. The number of nitrogens with one attached hydrogen (secondary N) is 2. The molecular weight excluding hydrogens is 466 g/mol. The molecule has 1 rings (SSSR count). The molecule has 0 aromatic heterocycles. The van der Waals surface area contributed by atoms with Gasteiger partial charge >= 0.3 is 12.1 Å². The Bertz CT molecular complexity index is 896. The van der Waals surface area contributed by atoms with E-state index in [0.29, 0.717) is 17.5 Å². The third-order valence-corrected chi connectivity index (χ3v) is 5.14. The standard InChI is InChI=1S/C26H41N3O7/c1-7-9-10-15-29(21(31)17-28-25(34)36-26(4,5)6)23(19-11-12-20(30)18(3)16-19)24(33)27-14-13-22(32)35-8-2/h11-12,16,23,30H,7-10,13-15,17H2,1-6H3,(H,27,33)(H,28,34). The fraction of sp³-hybridized carbons (Fsp3) is 0.615. The number of phenols is 1. The van der Waals surface area contributed by atoms with Crippen molar-refractivity contribution in [1.29, 1.82) is 0 Å². The van der Waals surface area contributed by atoms with Crippen LogP contribution >= 0.6 is 0 Å². The molecule has 1 aromatic rings. The van der Waals surface area contributed by atoms with E-state index >= 15 is 0 Å². The first-order valence-corrected chi connectivity index (χ1v) is 12.4. The number of hydrogen-bond donors (Lipinski definition) is 3. The van der Waals surface area contributed by atoms with E-state index in [1.165, 1.54) is 11.0 Å². The van der Waals surface area contributed by atoms with E-state index in [-0.39, 0.29) is 38.4 Å². The van der Waals surface area contributed by atoms with Crippen molar-refractivity contribution in [2.75, 3.05) is 26.2 Å². The number of aromatic hydroxyl groups is 1. The van der Waals surface area contributed by atoms with Crippen LogP contribution in [0.5, 0.6) is 5.75 Å². The zero-order valence-corrected chi connectivity index (χ0v) is 22.3. The molecular formula is C26H41N3O7. The van der Waals surface area contributed by atoms with E-state index in [2.05, 4.69) is 10.6 Å². The van der Waals surface area contributed by atoms with Crippen molar-refractivity contribution in [3.05, 3.63) is 29.3 Å². The Morgan fingerprint density at radius 2 is 1.78 bits per heavy atom. The number of ether oxygens (including phenoxy) is 2. The number of carbonyl (C=O) groups is 4. The van der Waals surface area contributed by atoms with Gasteiger partial charge < -0.3 is 30.1 Å². The second-order valence-electron chi connectivity index (χ2n) is 9.44. The summed E-state index contributed by atoms with van der Waals surface area (Å²) in [4.78, 5) is 51.9. The van der Waals surface area contributed by atoms with E-state index in [1.807, 2.05) is 6.92 Å². The zero-order valence-electron chi connectivity index (χ0n) is 22.3. The van der Waals surface area contributed by atoms with Crippen molar-refractivity contribution in [1.82, 2.24) is 15.5 Å². The van der Waals surface area contributed by atoms with Crippen LogP contribution in [0.4, 0.5) is 4.79 Å². The largest absolute Gasteiger partial charge is 0.508 e. The average Bonchev–Trinajstić information content (AvgIpc) is 2.78. The smallest absolute Gasteiger partial charge is 0.408 e. The van der Waals surface area contributed by atoms with Crippen LogP contribution < -0.4 is 10.6 Å². The van der Waals surface area contributed by atoms with Crippen LogP contribution in [0, 0.1) is 6.92 Å². The zero-order chi connectivity index (χ0) is 27.3. The third-order valence-electron chi connectivity index (χ3n) is 5.14. The molecule has 36 heavy (non-hydrogen) atoms. The van der Waals surface area contributed by atoms with Gasteiger partial charge in [-0.25, -0.2) is 4.79 Å². The van der Waals surface area contributed by atoms with Gasteiger partial charge in [-0.05, 0) is 64.3 Å². The van der Waals surface area contributed by atoms with Crippen molar-refractivity contribution in [3.63, 3.8) is 0 Å². The van der Waals surface area contributed by atoms with E-state index in [1.54, 1.807) is 46.8 Å². The minimum atomic E-state index is -1.03. The van der Waals surface area contributed by atoms with Gasteiger partial charge in [-0.3, -0.25) is 14.4 Å². The van der Waals surface area contributed by atoms with Gasteiger partial charge in [-0.15, -0.1) is 0 Å². The molecule has 3 amide bonds. The summed E-state index contributed by atoms with van der Waals surface area (Å²) < 4.78 is 10.1. The summed E-state index contributed by atoms with van der Waals surface area (Å²) in [5, 5.41) is 15.2. The Kier molecular flexibility index (Phi) is 12.8. The van der Waals surface area contributed by atoms with Gasteiger partial charge in [0.15, 0.2) is 0 Å². The van der Waals surface area contributed by atoms with E-state index < -0.39 is 35.5 Å². The Morgan fingerprint density at radius 3 is 2.36 bits per heavy atom. The lowest BCUT2D eigenvalue weighted by atomic mass is 10.0. The monoisotopic (exact) mass is 507 g/mol. The van der Waals surface area contributed by atoms with Crippen molar-refractivity contribution >= 4 is 23.9 Å². The van der Waals surface area contributed by atoms with Crippen molar-refractivity contribution in [3.8, 4) is 5.75 Å². The van der Waals surface area contributed by atoms with Crippen LogP contribution in [-0.2, 0) is 23.9 Å². The number of amides is 3. The number of phenolic OH excluding ortho intramolecular Hbond substituents is 1. The van der Waals surface area contributed by atoms with E-state index in [4.69, 9.17) is 9.47 Å². The quantitative estimate of drug-likeness (QED) is 0.275. The first-order valence-electron chi connectivity index (χ1n) is 12.4. The van der Waals surface area contributed by atoms with Gasteiger partial charge in [0.1, 0.15) is 23.9 Å². The molecule has 0 saturated heterocycles. The molecule has 0 aliphatic rings. The average molecular weight is 508 g/mol. The lowest BCUT2D eigenvalue weighted by molar-refractivity contribution is -0.143. The summed E-state index contributed by atoms with van der Waals surface area (Å²) in [7, 11) is 0. The van der Waals surface area contributed by atoms with Crippen LogP contribution in [0.1, 0.15) is 77.5 Å². The van der Waals surface area contributed by atoms with Gasteiger partial charge in [0.05, 0.1) is 13.0 Å². The lowest BCUT2D eigenvalue weighted by Crippen LogP contribution is -2.48. The number of hydrogen-bond acceptors (Lipinski definition) is 7. The predicted molar refractivity (Wildman–Crippen MR) is 135 cm³/mol. The molecule has 3 N–H and O–H groups in total. The van der Waals surface area contributed by atoms with Gasteiger partial charge in [0.25, 0.3) is 0 Å². The Labute approximate surface area is 213 Å². The van der Waals surface area contributed by atoms with Crippen molar-refractivity contribution in [2.24, 2.45) is 0 Å². The highest BCUT2D eigenvalue weighted by Crippen LogP contribution is 2.27. The molecule has 0 saturated carbocycles.